The molecule has 0 saturated heterocycles. The van der Waals surface area contributed by atoms with Crippen LogP contribution >= 0.6 is 0 Å². The number of para-hydroxylation sites is 1. The molecule has 4 rings (SSSR count). The zero-order chi connectivity index (χ0) is 22.9. The molecular weight excluding hydrogens is 434 g/mol. The van der Waals surface area contributed by atoms with Crippen molar-refractivity contribution in [1.82, 2.24) is 0 Å². The number of rotatable bonds is 6. The molecule has 2 aromatic carbocycles. The predicted molar refractivity (Wildman–Crippen MR) is 115 cm³/mol. The van der Waals surface area contributed by atoms with Gasteiger partial charge in [-0.3, -0.25) is 9.79 Å². The van der Waals surface area contributed by atoms with Gasteiger partial charge in [0.25, 0.3) is 0 Å². The van der Waals surface area contributed by atoms with Gasteiger partial charge in [-0.05, 0) is 32.0 Å². The number of benzene rings is 2. The third-order valence-corrected chi connectivity index (χ3v) is 6.55. The highest BCUT2D eigenvalue weighted by atomic mass is 32.2. The van der Waals surface area contributed by atoms with Crippen LogP contribution in [0, 0.1) is 5.92 Å². The average molecular weight is 455 g/mol. The number of ether oxygens (including phenoxy) is 2. The third kappa shape index (κ3) is 3.91. The van der Waals surface area contributed by atoms with Crippen molar-refractivity contribution in [3.8, 4) is 5.75 Å². The van der Waals surface area contributed by atoms with Crippen LogP contribution < -0.4 is 4.18 Å². The Morgan fingerprint density at radius 3 is 2.53 bits per heavy atom. The molecule has 166 valence electrons. The Hall–Kier alpha value is -3.46. The smallest absolute Gasteiger partial charge is 0.339 e. The first-order valence-corrected chi connectivity index (χ1v) is 11.4. The van der Waals surface area contributed by atoms with E-state index in [1.54, 1.807) is 50.2 Å². The first-order chi connectivity index (χ1) is 15.3. The normalized spacial score (nSPS) is 20.3. The van der Waals surface area contributed by atoms with E-state index in [0.29, 0.717) is 17.0 Å². The molecule has 0 N–H and O–H groups in total. The minimum absolute atomic E-state index is 0.0110. The highest BCUT2D eigenvalue weighted by molar-refractivity contribution is 7.87. The molecule has 9 heteroatoms. The van der Waals surface area contributed by atoms with Crippen LogP contribution in [0.25, 0.3) is 0 Å². The van der Waals surface area contributed by atoms with Crippen molar-refractivity contribution in [1.29, 1.82) is 0 Å². The average Bonchev–Trinajstić information content (AvgIpc) is 3.14. The molecule has 2 unspecified atom stereocenters. The quantitative estimate of drug-likeness (QED) is 0.487. The van der Waals surface area contributed by atoms with Crippen LogP contribution in [0.1, 0.15) is 25.3 Å². The summed E-state index contributed by atoms with van der Waals surface area (Å²) in [5, 5.41) is 0. The molecular formula is C23H21NO7S. The second-order valence-corrected chi connectivity index (χ2v) is 8.83. The second kappa shape index (κ2) is 8.58. The molecule has 2 aliphatic rings. The van der Waals surface area contributed by atoms with Gasteiger partial charge in [-0.1, -0.05) is 36.4 Å². The van der Waals surface area contributed by atoms with Crippen LogP contribution in [-0.4, -0.2) is 39.3 Å². The van der Waals surface area contributed by atoms with E-state index in [1.165, 1.54) is 18.2 Å². The summed E-state index contributed by atoms with van der Waals surface area (Å²) in [7, 11) is -4.15. The van der Waals surface area contributed by atoms with E-state index < -0.39 is 33.9 Å². The molecule has 0 amide bonds. The maximum atomic E-state index is 12.9. The largest absolute Gasteiger partial charge is 0.465 e. The summed E-state index contributed by atoms with van der Waals surface area (Å²) in [6, 6.07) is 14.1. The SMILES string of the molecule is CCOC(=O)C1C(C)=NC2=C(C(=O)OC2)C1c1ccccc1OS(=O)(=O)c1ccccc1. The van der Waals surface area contributed by atoms with E-state index in [2.05, 4.69) is 4.99 Å². The van der Waals surface area contributed by atoms with Crippen LogP contribution in [-0.2, 0) is 29.2 Å². The fourth-order valence-electron chi connectivity index (χ4n) is 3.94. The molecule has 2 atom stereocenters. The Kier molecular flexibility index (Phi) is 5.84. The number of hydrogen-bond donors (Lipinski definition) is 0. The van der Waals surface area contributed by atoms with Gasteiger partial charge in [-0.25, -0.2) is 4.79 Å². The van der Waals surface area contributed by atoms with Gasteiger partial charge in [0.05, 0.1) is 17.9 Å². The van der Waals surface area contributed by atoms with E-state index >= 15 is 0 Å². The lowest BCUT2D eigenvalue weighted by atomic mass is 9.75. The number of cyclic esters (lactones) is 1. The molecule has 8 nitrogen and oxygen atoms in total. The van der Waals surface area contributed by atoms with E-state index in [0.717, 1.165) is 0 Å². The van der Waals surface area contributed by atoms with Gasteiger partial charge < -0.3 is 13.7 Å². The summed E-state index contributed by atoms with van der Waals surface area (Å²) < 4.78 is 41.6. The zero-order valence-corrected chi connectivity index (χ0v) is 18.3. The Morgan fingerprint density at radius 1 is 1.12 bits per heavy atom. The Morgan fingerprint density at radius 2 is 1.81 bits per heavy atom. The summed E-state index contributed by atoms with van der Waals surface area (Å²) in [4.78, 5) is 29.8. The summed E-state index contributed by atoms with van der Waals surface area (Å²) >= 11 is 0. The van der Waals surface area contributed by atoms with E-state index in [9.17, 15) is 18.0 Å². The number of esters is 2. The first kappa shape index (κ1) is 21.8. The molecule has 0 fully saturated rings. The molecule has 32 heavy (non-hydrogen) atoms. The zero-order valence-electron chi connectivity index (χ0n) is 17.5. The van der Waals surface area contributed by atoms with Gasteiger partial charge >= 0.3 is 22.1 Å². The number of hydrogen-bond acceptors (Lipinski definition) is 8. The maximum Gasteiger partial charge on any atom is 0.339 e. The Bertz CT molecular complexity index is 1230. The Labute approximate surface area is 185 Å². The topological polar surface area (TPSA) is 108 Å². The molecule has 2 aromatic rings. The van der Waals surface area contributed by atoms with Crippen molar-refractivity contribution >= 4 is 27.8 Å². The van der Waals surface area contributed by atoms with Gasteiger partial charge in [0.1, 0.15) is 23.2 Å². The fourth-order valence-corrected chi connectivity index (χ4v) is 4.91. The van der Waals surface area contributed by atoms with Crippen molar-refractivity contribution in [2.45, 2.75) is 24.7 Å². The van der Waals surface area contributed by atoms with Crippen molar-refractivity contribution in [3.05, 3.63) is 71.4 Å². The molecule has 0 saturated carbocycles. The van der Waals surface area contributed by atoms with Crippen LogP contribution in [0.5, 0.6) is 5.75 Å². The van der Waals surface area contributed by atoms with Gasteiger partial charge in [0, 0.05) is 17.2 Å². The summed E-state index contributed by atoms with van der Waals surface area (Å²) in [6.07, 6.45) is 0. The van der Waals surface area contributed by atoms with Crippen molar-refractivity contribution in [2.24, 2.45) is 10.9 Å². The van der Waals surface area contributed by atoms with Crippen molar-refractivity contribution in [3.63, 3.8) is 0 Å². The number of carbonyl (C=O) groups excluding carboxylic acids is 2. The highest BCUT2D eigenvalue weighted by Crippen LogP contribution is 2.45. The minimum Gasteiger partial charge on any atom is -0.465 e. The number of carbonyl (C=O) groups is 2. The van der Waals surface area contributed by atoms with E-state index in [1.807, 2.05) is 0 Å². The molecule has 0 radical (unpaired) electrons. The van der Waals surface area contributed by atoms with Crippen LogP contribution in [0.2, 0.25) is 0 Å². The molecule has 2 aliphatic heterocycles. The number of aliphatic imine (C=N–C) groups is 1. The second-order valence-electron chi connectivity index (χ2n) is 7.29. The number of nitrogens with zero attached hydrogens (tertiary/aromatic N) is 1. The molecule has 0 spiro atoms. The van der Waals surface area contributed by atoms with E-state index in [4.69, 9.17) is 13.7 Å². The monoisotopic (exact) mass is 455 g/mol. The maximum absolute atomic E-state index is 12.9. The minimum atomic E-state index is -4.15. The van der Waals surface area contributed by atoms with Gasteiger partial charge in [-0.15, -0.1) is 0 Å². The molecule has 2 heterocycles. The Balaban J connectivity index is 1.83. The van der Waals surface area contributed by atoms with Crippen molar-refractivity contribution < 1.29 is 31.7 Å². The summed E-state index contributed by atoms with van der Waals surface area (Å²) in [5.74, 6) is -2.94. The first-order valence-electron chi connectivity index (χ1n) is 10.0. The van der Waals surface area contributed by atoms with Crippen LogP contribution in [0.4, 0.5) is 0 Å². The summed E-state index contributed by atoms with van der Waals surface area (Å²) in [6.45, 7) is 3.49. The lowest BCUT2D eigenvalue weighted by molar-refractivity contribution is -0.146. The molecule has 0 aromatic heterocycles. The molecule has 0 aliphatic carbocycles. The van der Waals surface area contributed by atoms with Crippen LogP contribution in [0.15, 0.2) is 75.8 Å². The van der Waals surface area contributed by atoms with Gasteiger partial charge in [-0.2, -0.15) is 8.42 Å². The third-order valence-electron chi connectivity index (χ3n) is 5.30. The standard InChI is InChI=1S/C23H21NO7S/c1-3-29-22(25)19-14(2)24-17-13-30-23(26)21(17)20(19)16-11-7-8-12-18(16)31-32(27,28)15-9-5-4-6-10-15/h4-12,19-20H,3,13H2,1-2H3. The van der Waals surface area contributed by atoms with Gasteiger partial charge in [0.15, 0.2) is 0 Å². The highest BCUT2D eigenvalue weighted by Gasteiger charge is 2.46. The predicted octanol–water partition coefficient (Wildman–Crippen LogP) is 3.00. The van der Waals surface area contributed by atoms with Crippen LogP contribution in [0.3, 0.4) is 0 Å². The lowest BCUT2D eigenvalue weighted by Gasteiger charge is -2.30. The van der Waals surface area contributed by atoms with Gasteiger partial charge in [0.2, 0.25) is 0 Å². The summed E-state index contributed by atoms with van der Waals surface area (Å²) in [5.41, 5.74) is 1.43. The fraction of sp³-hybridized carbons (Fsp3) is 0.261. The van der Waals surface area contributed by atoms with Crippen molar-refractivity contribution in [2.75, 3.05) is 13.2 Å². The van der Waals surface area contributed by atoms with E-state index in [-0.39, 0.29) is 29.4 Å². The molecule has 0 bridgehead atoms. The lowest BCUT2D eigenvalue weighted by Crippen LogP contribution is -2.35.